The summed E-state index contributed by atoms with van der Waals surface area (Å²) in [5.74, 6) is -1.00. The van der Waals surface area contributed by atoms with Crippen molar-refractivity contribution in [1.29, 1.82) is 0 Å². The molecule has 3 N–H and O–H groups in total. The number of carboxylic acid groups (broad SMARTS) is 1. The highest BCUT2D eigenvalue weighted by molar-refractivity contribution is 6.33. The Balaban J connectivity index is 2.32. The Morgan fingerprint density at radius 2 is 1.84 bits per heavy atom. The highest BCUT2D eigenvalue weighted by atomic mass is 35.5. The smallest absolute Gasteiger partial charge is 0.330 e. The van der Waals surface area contributed by atoms with Crippen molar-refractivity contribution in [2.24, 2.45) is 0 Å². The van der Waals surface area contributed by atoms with Crippen LogP contribution in [0.3, 0.4) is 0 Å². The van der Waals surface area contributed by atoms with Gasteiger partial charge in [-0.15, -0.1) is 0 Å². The molecule has 4 nitrogen and oxygen atoms in total. The van der Waals surface area contributed by atoms with Crippen LogP contribution in [0.25, 0.3) is 0 Å². The number of hydrogen-bond acceptors (Lipinski definition) is 3. The molecule has 2 rings (SSSR count). The lowest BCUT2D eigenvalue weighted by molar-refractivity contribution is -0.138. The van der Waals surface area contributed by atoms with Gasteiger partial charge < -0.3 is 15.5 Å². The molecule has 2 aromatic carbocycles. The standard InChI is InChI=1S/C14H12ClNO3/c15-11-7-6-10(17)8-12(11)16-13(14(18)19)9-4-2-1-3-5-9/h1-8,13,16-17H,(H,18,19). The Labute approximate surface area is 115 Å². The number of carbonyl (C=O) groups is 1. The van der Waals surface area contributed by atoms with Crippen molar-refractivity contribution in [3.8, 4) is 5.75 Å². The number of aromatic hydroxyl groups is 1. The lowest BCUT2D eigenvalue weighted by Crippen LogP contribution is -2.20. The van der Waals surface area contributed by atoms with Gasteiger partial charge in [0.25, 0.3) is 0 Å². The topological polar surface area (TPSA) is 69.6 Å². The van der Waals surface area contributed by atoms with Gasteiger partial charge in [-0.2, -0.15) is 0 Å². The third kappa shape index (κ3) is 3.17. The molecule has 1 unspecified atom stereocenters. The first-order valence-electron chi connectivity index (χ1n) is 5.61. The highest BCUT2D eigenvalue weighted by Gasteiger charge is 2.20. The normalized spacial score (nSPS) is 11.8. The van der Waals surface area contributed by atoms with Gasteiger partial charge in [0.2, 0.25) is 0 Å². The van der Waals surface area contributed by atoms with Crippen LogP contribution < -0.4 is 5.32 Å². The SMILES string of the molecule is O=C(O)C(Nc1cc(O)ccc1Cl)c1ccccc1. The van der Waals surface area contributed by atoms with Crippen LogP contribution in [0.15, 0.2) is 48.5 Å². The summed E-state index contributed by atoms with van der Waals surface area (Å²) in [5, 5.41) is 21.9. The van der Waals surface area contributed by atoms with E-state index in [9.17, 15) is 15.0 Å². The number of rotatable bonds is 4. The zero-order valence-electron chi connectivity index (χ0n) is 9.88. The van der Waals surface area contributed by atoms with Gasteiger partial charge in [-0.25, -0.2) is 4.79 Å². The minimum Gasteiger partial charge on any atom is -0.508 e. The number of phenols is 1. The van der Waals surface area contributed by atoms with E-state index in [1.807, 2.05) is 6.07 Å². The van der Waals surface area contributed by atoms with E-state index in [1.165, 1.54) is 18.2 Å². The Hall–Kier alpha value is -2.20. The third-order valence-corrected chi connectivity index (χ3v) is 2.96. The largest absolute Gasteiger partial charge is 0.508 e. The molecule has 1 atom stereocenters. The lowest BCUT2D eigenvalue weighted by atomic mass is 10.1. The first-order valence-corrected chi connectivity index (χ1v) is 5.98. The van der Waals surface area contributed by atoms with Crippen LogP contribution in [-0.2, 0) is 4.79 Å². The Morgan fingerprint density at radius 1 is 1.16 bits per heavy atom. The summed E-state index contributed by atoms with van der Waals surface area (Å²) < 4.78 is 0. The molecule has 0 amide bonds. The first kappa shape index (κ1) is 13.2. The molecule has 0 spiro atoms. The molecular formula is C14H12ClNO3. The first-order chi connectivity index (χ1) is 9.08. The maximum Gasteiger partial charge on any atom is 0.330 e. The minimum absolute atomic E-state index is 0.0177. The molecule has 0 fully saturated rings. The van der Waals surface area contributed by atoms with Gasteiger partial charge in [0.05, 0.1) is 10.7 Å². The van der Waals surface area contributed by atoms with Gasteiger partial charge in [-0.05, 0) is 17.7 Å². The average Bonchev–Trinajstić information content (AvgIpc) is 2.40. The fourth-order valence-corrected chi connectivity index (χ4v) is 1.88. The Morgan fingerprint density at radius 3 is 2.47 bits per heavy atom. The Bertz CT molecular complexity index is 586. The molecule has 0 heterocycles. The maximum absolute atomic E-state index is 11.3. The highest BCUT2D eigenvalue weighted by Crippen LogP contribution is 2.29. The number of phenolic OH excluding ortho intramolecular Hbond substituents is 1. The molecule has 5 heteroatoms. The number of carboxylic acids is 1. The molecular weight excluding hydrogens is 266 g/mol. The van der Waals surface area contributed by atoms with Crippen molar-refractivity contribution in [3.63, 3.8) is 0 Å². The molecule has 19 heavy (non-hydrogen) atoms. The van der Waals surface area contributed by atoms with E-state index in [4.69, 9.17) is 11.6 Å². The maximum atomic E-state index is 11.3. The second-order valence-electron chi connectivity index (χ2n) is 3.99. The van der Waals surface area contributed by atoms with Gasteiger partial charge in [0, 0.05) is 6.07 Å². The predicted molar refractivity (Wildman–Crippen MR) is 73.6 cm³/mol. The van der Waals surface area contributed by atoms with Crippen LogP contribution in [0.4, 0.5) is 5.69 Å². The molecule has 0 aliphatic carbocycles. The van der Waals surface area contributed by atoms with Crippen LogP contribution >= 0.6 is 11.6 Å². The number of benzene rings is 2. The predicted octanol–water partition coefficient (Wildman–Crippen LogP) is 3.28. The van der Waals surface area contributed by atoms with Crippen LogP contribution in [0.1, 0.15) is 11.6 Å². The van der Waals surface area contributed by atoms with Crippen LogP contribution in [0, 0.1) is 0 Å². The second-order valence-corrected chi connectivity index (χ2v) is 4.40. The van der Waals surface area contributed by atoms with E-state index in [0.29, 0.717) is 16.3 Å². The quantitative estimate of drug-likeness (QED) is 0.802. The molecule has 0 aliphatic heterocycles. The number of aliphatic carboxylic acids is 1. The van der Waals surface area contributed by atoms with Crippen molar-refractivity contribution in [1.82, 2.24) is 0 Å². The summed E-state index contributed by atoms with van der Waals surface area (Å²) >= 11 is 5.97. The molecule has 0 saturated carbocycles. The van der Waals surface area contributed by atoms with Gasteiger partial charge in [-0.1, -0.05) is 41.9 Å². The zero-order chi connectivity index (χ0) is 13.8. The van der Waals surface area contributed by atoms with E-state index in [1.54, 1.807) is 24.3 Å². The lowest BCUT2D eigenvalue weighted by Gasteiger charge is -2.17. The fourth-order valence-electron chi connectivity index (χ4n) is 1.71. The van der Waals surface area contributed by atoms with Crippen molar-refractivity contribution in [3.05, 3.63) is 59.1 Å². The third-order valence-electron chi connectivity index (χ3n) is 2.63. The molecule has 0 radical (unpaired) electrons. The molecule has 0 bridgehead atoms. The number of nitrogens with one attached hydrogen (secondary N) is 1. The van der Waals surface area contributed by atoms with E-state index in [0.717, 1.165) is 0 Å². The van der Waals surface area contributed by atoms with Crippen LogP contribution in [-0.4, -0.2) is 16.2 Å². The Kier molecular flexibility index (Phi) is 3.92. The summed E-state index contributed by atoms with van der Waals surface area (Å²) in [4.78, 5) is 11.3. The summed E-state index contributed by atoms with van der Waals surface area (Å²) in [7, 11) is 0. The monoisotopic (exact) mass is 277 g/mol. The number of hydrogen-bond donors (Lipinski definition) is 3. The van der Waals surface area contributed by atoms with Crippen LogP contribution in [0.5, 0.6) is 5.75 Å². The molecule has 0 aliphatic rings. The minimum atomic E-state index is -1.02. The van der Waals surface area contributed by atoms with Crippen molar-refractivity contribution < 1.29 is 15.0 Å². The van der Waals surface area contributed by atoms with Crippen LogP contribution in [0.2, 0.25) is 5.02 Å². The summed E-state index contributed by atoms with van der Waals surface area (Å²) in [5.41, 5.74) is 0.979. The second kappa shape index (κ2) is 5.63. The van der Waals surface area contributed by atoms with Crippen molar-refractivity contribution >= 4 is 23.3 Å². The van der Waals surface area contributed by atoms with E-state index in [-0.39, 0.29) is 5.75 Å². The molecule has 0 aromatic heterocycles. The van der Waals surface area contributed by atoms with E-state index < -0.39 is 12.0 Å². The average molecular weight is 278 g/mol. The summed E-state index contributed by atoms with van der Waals surface area (Å²) in [6.45, 7) is 0. The van der Waals surface area contributed by atoms with Gasteiger partial charge in [0.1, 0.15) is 5.75 Å². The molecule has 2 aromatic rings. The summed E-state index contributed by atoms with van der Waals surface area (Å²) in [6.07, 6.45) is 0. The van der Waals surface area contributed by atoms with E-state index >= 15 is 0 Å². The molecule has 98 valence electrons. The van der Waals surface area contributed by atoms with Gasteiger partial charge in [0.15, 0.2) is 6.04 Å². The fraction of sp³-hybridized carbons (Fsp3) is 0.0714. The number of halogens is 1. The van der Waals surface area contributed by atoms with Gasteiger partial charge in [-0.3, -0.25) is 0 Å². The zero-order valence-corrected chi connectivity index (χ0v) is 10.6. The number of anilines is 1. The van der Waals surface area contributed by atoms with Crippen molar-refractivity contribution in [2.75, 3.05) is 5.32 Å². The summed E-state index contributed by atoms with van der Waals surface area (Å²) in [6, 6.07) is 12.2. The molecule has 0 saturated heterocycles. The van der Waals surface area contributed by atoms with Gasteiger partial charge >= 0.3 is 5.97 Å². The van der Waals surface area contributed by atoms with Crippen molar-refractivity contribution in [2.45, 2.75) is 6.04 Å². The van der Waals surface area contributed by atoms with E-state index in [2.05, 4.69) is 5.32 Å².